The molecule has 0 bridgehead atoms. The van der Waals surface area contributed by atoms with E-state index in [0.717, 1.165) is 0 Å². The second-order valence-corrected chi connectivity index (χ2v) is 7.80. The Bertz CT molecular complexity index is 2540. The maximum Gasteiger partial charge on any atom is 0.164 e. The molecule has 0 aliphatic carbocycles. The van der Waals surface area contributed by atoms with Gasteiger partial charge in [-0.3, -0.25) is 0 Å². The summed E-state index contributed by atoms with van der Waals surface area (Å²) < 4.78 is 130. The van der Waals surface area contributed by atoms with Gasteiger partial charge in [-0.1, -0.05) is 109 Å². The summed E-state index contributed by atoms with van der Waals surface area (Å²) in [6.45, 7) is 0. The molecule has 0 aliphatic heterocycles. The fraction of sp³-hybridized carbons (Fsp3) is 0. The first-order chi connectivity index (χ1) is 24.5. The zero-order valence-electron chi connectivity index (χ0n) is 33.7. The van der Waals surface area contributed by atoms with Gasteiger partial charge in [-0.2, -0.15) is 0 Å². The van der Waals surface area contributed by atoms with Gasteiger partial charge in [0.15, 0.2) is 17.5 Å². The molecule has 7 aromatic rings. The molecular formula is C33H21N3O. The predicted octanol–water partition coefficient (Wildman–Crippen LogP) is 8.44. The van der Waals surface area contributed by atoms with Crippen molar-refractivity contribution in [2.24, 2.45) is 0 Å². The summed E-state index contributed by atoms with van der Waals surface area (Å²) in [7, 11) is 0. The molecule has 0 radical (unpaired) electrons. The van der Waals surface area contributed by atoms with E-state index < -0.39 is 113 Å². The normalized spacial score (nSPS) is 16.9. The molecular weight excluding hydrogens is 454 g/mol. The van der Waals surface area contributed by atoms with Gasteiger partial charge in [0.05, 0.1) is 20.6 Å². The Morgan fingerprint density at radius 1 is 0.514 bits per heavy atom. The van der Waals surface area contributed by atoms with E-state index in [0.29, 0.717) is 16.4 Å². The Kier molecular flexibility index (Phi) is 2.60. The highest BCUT2D eigenvalue weighted by atomic mass is 16.3. The predicted molar refractivity (Wildman–Crippen MR) is 149 cm³/mol. The van der Waals surface area contributed by atoms with Crippen LogP contribution >= 0.6 is 0 Å². The van der Waals surface area contributed by atoms with Gasteiger partial charge in [-0.25, -0.2) is 15.0 Å². The molecule has 0 atom stereocenters. The van der Waals surface area contributed by atoms with Gasteiger partial charge in [-0.05, 0) is 23.8 Å². The Labute approximate surface area is 235 Å². The van der Waals surface area contributed by atoms with Gasteiger partial charge in [0.25, 0.3) is 0 Å². The number of benzene rings is 5. The number of fused-ring (bicyclic) bond motifs is 3. The fourth-order valence-corrected chi connectivity index (χ4v) is 3.97. The topological polar surface area (TPSA) is 51.8 Å². The lowest BCUT2D eigenvalue weighted by Crippen LogP contribution is -2.00. The van der Waals surface area contributed by atoms with Crippen LogP contribution in [0.15, 0.2) is 131 Å². The second-order valence-electron chi connectivity index (χ2n) is 7.80. The van der Waals surface area contributed by atoms with Crippen LogP contribution < -0.4 is 0 Å². The SMILES string of the molecule is [2H]c1c([2H])c([2H])c(-c2nc(-c3ccc4oc5c(-c6c([2H])c([2H])c([2H])c([2H])c6[2H])cccc5c4c3)nc(-c3c([2H])c([2H])c([2H])c([2H])c3[2H])n2)c([2H])c1[2H]. The standard InChI is InChI=1S/C33H21N3O/c1-4-11-22(12-5-1)26-17-10-18-27-28-21-25(19-20-29(28)37-30(26)27)33-35-31(23-13-6-2-7-14-23)34-32(36-33)24-15-8-3-9-16-24/h1-21H/i1D,2D,3D,4D,5D,6D,7D,8D,9D,11D,12D,13D,14D,15D,16D. The summed E-state index contributed by atoms with van der Waals surface area (Å²) in [5, 5.41) is 0.975. The first-order valence-corrected chi connectivity index (χ1v) is 11.0. The monoisotopic (exact) mass is 490 g/mol. The van der Waals surface area contributed by atoms with Gasteiger partial charge in [-0.15, -0.1) is 0 Å². The molecule has 4 nitrogen and oxygen atoms in total. The van der Waals surface area contributed by atoms with E-state index in [1.165, 1.54) is 0 Å². The van der Waals surface area contributed by atoms with E-state index in [1.54, 1.807) is 36.4 Å². The van der Waals surface area contributed by atoms with Crippen molar-refractivity contribution in [3.8, 4) is 45.3 Å². The highest BCUT2D eigenvalue weighted by molar-refractivity contribution is 6.10. The molecule has 0 N–H and O–H groups in total. The first kappa shape index (κ1) is 10.9. The van der Waals surface area contributed by atoms with Crippen molar-refractivity contribution in [2.75, 3.05) is 0 Å². The van der Waals surface area contributed by atoms with E-state index in [2.05, 4.69) is 15.0 Å². The number of hydrogen-bond donors (Lipinski definition) is 0. The van der Waals surface area contributed by atoms with Crippen LogP contribution in [0.3, 0.4) is 0 Å². The number of hydrogen-bond acceptors (Lipinski definition) is 4. The summed E-state index contributed by atoms with van der Waals surface area (Å²) in [6.07, 6.45) is 0. The number of rotatable bonds is 4. The quantitative estimate of drug-likeness (QED) is 0.248. The van der Waals surface area contributed by atoms with Crippen LogP contribution in [0.1, 0.15) is 20.6 Å². The third-order valence-electron chi connectivity index (χ3n) is 5.61. The van der Waals surface area contributed by atoms with Crippen LogP contribution in [0.5, 0.6) is 0 Å². The Morgan fingerprint density at radius 2 is 1.05 bits per heavy atom. The van der Waals surface area contributed by atoms with Gasteiger partial charge >= 0.3 is 0 Å². The Morgan fingerprint density at radius 3 is 1.65 bits per heavy atom. The number of furan rings is 1. The molecule has 4 heteroatoms. The average molecular weight is 491 g/mol. The van der Waals surface area contributed by atoms with Gasteiger partial charge in [0, 0.05) is 33.0 Å². The highest BCUT2D eigenvalue weighted by Gasteiger charge is 2.16. The van der Waals surface area contributed by atoms with Crippen LogP contribution in [-0.2, 0) is 0 Å². The van der Waals surface area contributed by atoms with Crippen molar-refractivity contribution in [3.63, 3.8) is 0 Å². The molecule has 0 aliphatic rings. The van der Waals surface area contributed by atoms with Crippen molar-refractivity contribution < 1.29 is 25.0 Å². The largest absolute Gasteiger partial charge is 0.455 e. The Balaban J connectivity index is 1.51. The van der Waals surface area contributed by atoms with Gasteiger partial charge < -0.3 is 4.42 Å². The van der Waals surface area contributed by atoms with Crippen LogP contribution in [0.4, 0.5) is 0 Å². The summed E-state index contributed by atoms with van der Waals surface area (Å²) in [5.74, 6) is -0.967. The molecule has 174 valence electrons. The summed E-state index contributed by atoms with van der Waals surface area (Å²) in [5.41, 5.74) is 0.225. The lowest BCUT2D eigenvalue weighted by molar-refractivity contribution is 0.670. The van der Waals surface area contributed by atoms with Crippen molar-refractivity contribution >= 4 is 21.9 Å². The van der Waals surface area contributed by atoms with Crippen molar-refractivity contribution in [3.05, 3.63) is 127 Å². The van der Waals surface area contributed by atoms with E-state index in [-0.39, 0.29) is 28.1 Å². The summed E-state index contributed by atoms with van der Waals surface area (Å²) >= 11 is 0. The molecule has 0 unspecified atom stereocenters. The van der Waals surface area contributed by atoms with E-state index in [9.17, 15) is 0 Å². The maximum absolute atomic E-state index is 8.54. The molecule has 0 saturated carbocycles. The summed E-state index contributed by atoms with van der Waals surface area (Å²) in [6, 6.07) is 0.758. The van der Waals surface area contributed by atoms with Crippen molar-refractivity contribution in [1.82, 2.24) is 15.0 Å². The third-order valence-corrected chi connectivity index (χ3v) is 5.61. The third kappa shape index (κ3) is 3.85. The Hall–Kier alpha value is -5.09. The van der Waals surface area contributed by atoms with E-state index >= 15 is 0 Å². The first-order valence-electron chi connectivity index (χ1n) is 18.5. The van der Waals surface area contributed by atoms with Crippen LogP contribution in [0, 0.1) is 0 Å². The number of nitrogens with zero attached hydrogens (tertiary/aromatic N) is 3. The summed E-state index contributed by atoms with van der Waals surface area (Å²) in [4.78, 5) is 13.2. The minimum atomic E-state index is -0.663. The van der Waals surface area contributed by atoms with Crippen LogP contribution in [0.25, 0.3) is 67.2 Å². The maximum atomic E-state index is 8.54. The average Bonchev–Trinajstić information content (AvgIpc) is 3.52. The molecule has 37 heavy (non-hydrogen) atoms. The minimum Gasteiger partial charge on any atom is -0.455 e. The minimum absolute atomic E-state index is 0.0557. The molecule has 2 aromatic heterocycles. The van der Waals surface area contributed by atoms with Crippen LogP contribution in [-0.4, -0.2) is 15.0 Å². The molecule has 0 spiro atoms. The van der Waals surface area contributed by atoms with E-state index in [4.69, 9.17) is 25.0 Å². The van der Waals surface area contributed by atoms with Gasteiger partial charge in [0.1, 0.15) is 11.2 Å². The molecule has 5 aromatic carbocycles. The second kappa shape index (κ2) is 8.85. The lowest BCUT2D eigenvalue weighted by Gasteiger charge is -2.08. The lowest BCUT2D eigenvalue weighted by atomic mass is 10.0. The zero-order valence-corrected chi connectivity index (χ0v) is 18.7. The molecule has 0 saturated heterocycles. The number of aromatic nitrogens is 3. The molecule has 0 amide bonds. The molecule has 7 rings (SSSR count). The van der Waals surface area contributed by atoms with Crippen LogP contribution in [0.2, 0.25) is 0 Å². The number of para-hydroxylation sites is 1. The molecule has 2 heterocycles. The van der Waals surface area contributed by atoms with E-state index in [1.807, 2.05) is 0 Å². The van der Waals surface area contributed by atoms with Crippen molar-refractivity contribution in [1.29, 1.82) is 0 Å². The highest BCUT2D eigenvalue weighted by Crippen LogP contribution is 2.37. The van der Waals surface area contributed by atoms with Gasteiger partial charge in [0.2, 0.25) is 0 Å². The zero-order chi connectivity index (χ0) is 37.7. The van der Waals surface area contributed by atoms with Crippen molar-refractivity contribution in [2.45, 2.75) is 0 Å². The smallest absolute Gasteiger partial charge is 0.164 e. The fourth-order valence-electron chi connectivity index (χ4n) is 3.97. The molecule has 0 fully saturated rings.